The van der Waals surface area contributed by atoms with E-state index in [0.29, 0.717) is 12.6 Å². The van der Waals surface area contributed by atoms with Crippen molar-refractivity contribution in [2.75, 3.05) is 0 Å². The Kier molecular flexibility index (Phi) is 5.21. The molecule has 0 saturated heterocycles. The van der Waals surface area contributed by atoms with Crippen molar-refractivity contribution in [2.24, 2.45) is 0 Å². The van der Waals surface area contributed by atoms with Crippen LogP contribution in [0.3, 0.4) is 0 Å². The minimum atomic E-state index is 0.482. The van der Waals surface area contributed by atoms with Crippen LogP contribution >= 0.6 is 0 Å². The summed E-state index contributed by atoms with van der Waals surface area (Å²) in [6, 6.07) is 2.51. The average Bonchev–Trinajstić information content (AvgIpc) is 3.08. The number of hydrogen-bond acceptors (Lipinski definition) is 3. The van der Waals surface area contributed by atoms with Gasteiger partial charge in [0.15, 0.2) is 5.75 Å². The Hall–Kier alpha value is -1.78. The zero-order valence-electron chi connectivity index (χ0n) is 12.6. The van der Waals surface area contributed by atoms with Gasteiger partial charge in [0.25, 0.3) is 0 Å². The highest BCUT2D eigenvalue weighted by Crippen LogP contribution is 2.16. The molecule has 0 fully saturated rings. The number of rotatable bonds is 8. The first-order chi connectivity index (χ1) is 9.76. The molecule has 2 aromatic heterocycles. The Balaban J connectivity index is 1.90. The zero-order chi connectivity index (χ0) is 14.4. The Morgan fingerprint density at radius 3 is 2.75 bits per heavy atom. The number of aryl methyl sites for hydroxylation is 1. The normalized spacial score (nSPS) is 11.2. The lowest BCUT2D eigenvalue weighted by atomic mass is 10.2. The zero-order valence-corrected chi connectivity index (χ0v) is 12.6. The summed E-state index contributed by atoms with van der Waals surface area (Å²) in [5, 5.41) is 8.82. The third-order valence-corrected chi connectivity index (χ3v) is 3.43. The van der Waals surface area contributed by atoms with Crippen LogP contribution in [0.1, 0.15) is 51.8 Å². The van der Waals surface area contributed by atoms with E-state index >= 15 is 0 Å². The molecular weight excluding hydrogens is 252 g/mol. The van der Waals surface area contributed by atoms with Crippen LogP contribution in [-0.4, -0.2) is 19.6 Å². The van der Waals surface area contributed by atoms with E-state index in [1.807, 2.05) is 27.8 Å². The molecule has 0 aliphatic rings. The molecule has 0 N–H and O–H groups in total. The minimum Gasteiger partial charge on any atom is -0.484 e. The minimum absolute atomic E-state index is 0.482. The SMILES string of the molecule is CCCn1cc(OCc2ccn(C(CC)CC)n2)cn1. The van der Waals surface area contributed by atoms with Gasteiger partial charge in [-0.2, -0.15) is 10.2 Å². The standard InChI is InChI=1S/C15H24N4O/c1-4-8-18-11-15(10-16-18)20-12-13-7-9-19(17-13)14(5-2)6-3/h7,9-11,14H,4-6,8,12H2,1-3H3. The van der Waals surface area contributed by atoms with Crippen molar-refractivity contribution in [3.8, 4) is 5.75 Å². The molecule has 0 atom stereocenters. The van der Waals surface area contributed by atoms with Crippen LogP contribution in [0.15, 0.2) is 24.7 Å². The highest BCUT2D eigenvalue weighted by Gasteiger charge is 2.08. The van der Waals surface area contributed by atoms with Crippen molar-refractivity contribution in [1.82, 2.24) is 19.6 Å². The van der Waals surface area contributed by atoms with Gasteiger partial charge in [0, 0.05) is 12.7 Å². The van der Waals surface area contributed by atoms with Crippen molar-refractivity contribution in [3.05, 3.63) is 30.4 Å². The third-order valence-electron chi connectivity index (χ3n) is 3.43. The summed E-state index contributed by atoms with van der Waals surface area (Å²) in [7, 11) is 0. The van der Waals surface area contributed by atoms with Gasteiger partial charge in [-0.1, -0.05) is 20.8 Å². The molecule has 0 unspecified atom stereocenters. The van der Waals surface area contributed by atoms with Gasteiger partial charge in [-0.3, -0.25) is 9.36 Å². The molecule has 0 saturated carbocycles. The van der Waals surface area contributed by atoms with Crippen LogP contribution in [0.25, 0.3) is 0 Å². The van der Waals surface area contributed by atoms with Gasteiger partial charge < -0.3 is 4.74 Å². The van der Waals surface area contributed by atoms with E-state index in [1.54, 1.807) is 6.20 Å². The van der Waals surface area contributed by atoms with Crippen molar-refractivity contribution in [1.29, 1.82) is 0 Å². The molecule has 0 bridgehead atoms. The molecule has 20 heavy (non-hydrogen) atoms. The van der Waals surface area contributed by atoms with Crippen LogP contribution in [0.2, 0.25) is 0 Å². The summed E-state index contributed by atoms with van der Waals surface area (Å²) in [6.45, 7) is 7.92. The van der Waals surface area contributed by atoms with Gasteiger partial charge in [-0.15, -0.1) is 0 Å². The van der Waals surface area contributed by atoms with Gasteiger partial charge in [0.1, 0.15) is 6.61 Å². The van der Waals surface area contributed by atoms with Crippen molar-refractivity contribution >= 4 is 0 Å². The Labute approximate surface area is 120 Å². The van der Waals surface area contributed by atoms with Gasteiger partial charge in [-0.05, 0) is 25.3 Å². The second-order valence-electron chi connectivity index (χ2n) is 4.99. The number of ether oxygens (including phenoxy) is 1. The molecule has 0 amide bonds. The maximum absolute atomic E-state index is 5.72. The predicted octanol–water partition coefficient (Wildman–Crippen LogP) is 3.43. The van der Waals surface area contributed by atoms with E-state index in [0.717, 1.165) is 37.3 Å². The number of hydrogen-bond donors (Lipinski definition) is 0. The summed E-state index contributed by atoms with van der Waals surface area (Å²) in [5.41, 5.74) is 0.958. The van der Waals surface area contributed by atoms with E-state index in [9.17, 15) is 0 Å². The van der Waals surface area contributed by atoms with Crippen LogP contribution in [0.5, 0.6) is 5.75 Å². The Morgan fingerprint density at radius 2 is 2.05 bits per heavy atom. The molecule has 5 nitrogen and oxygen atoms in total. The lowest BCUT2D eigenvalue weighted by molar-refractivity contribution is 0.296. The predicted molar refractivity (Wildman–Crippen MR) is 78.7 cm³/mol. The van der Waals surface area contributed by atoms with Gasteiger partial charge in [0.2, 0.25) is 0 Å². The number of nitrogens with zero attached hydrogens (tertiary/aromatic N) is 4. The van der Waals surface area contributed by atoms with Gasteiger partial charge >= 0.3 is 0 Å². The maximum atomic E-state index is 5.72. The van der Waals surface area contributed by atoms with E-state index in [1.165, 1.54) is 0 Å². The molecule has 0 aromatic carbocycles. The largest absolute Gasteiger partial charge is 0.484 e. The molecule has 110 valence electrons. The van der Waals surface area contributed by atoms with Crippen LogP contribution in [0, 0.1) is 0 Å². The van der Waals surface area contributed by atoms with E-state index < -0.39 is 0 Å². The van der Waals surface area contributed by atoms with Crippen molar-refractivity contribution in [3.63, 3.8) is 0 Å². The fourth-order valence-corrected chi connectivity index (χ4v) is 2.25. The quantitative estimate of drug-likeness (QED) is 0.742. The third kappa shape index (κ3) is 3.62. The first-order valence-corrected chi connectivity index (χ1v) is 7.46. The average molecular weight is 276 g/mol. The molecule has 0 aliphatic heterocycles. The maximum Gasteiger partial charge on any atom is 0.157 e. The summed E-state index contributed by atoms with van der Waals surface area (Å²) in [4.78, 5) is 0. The number of aromatic nitrogens is 4. The molecule has 0 aliphatic carbocycles. The van der Waals surface area contributed by atoms with Crippen LogP contribution < -0.4 is 4.74 Å². The van der Waals surface area contributed by atoms with Crippen LogP contribution in [-0.2, 0) is 13.2 Å². The van der Waals surface area contributed by atoms with E-state index in [2.05, 4.69) is 31.0 Å². The fraction of sp³-hybridized carbons (Fsp3) is 0.600. The molecular formula is C15H24N4O. The smallest absolute Gasteiger partial charge is 0.157 e. The second-order valence-corrected chi connectivity index (χ2v) is 4.99. The second kappa shape index (κ2) is 7.12. The summed E-state index contributed by atoms with van der Waals surface area (Å²) in [6.07, 6.45) is 9.00. The molecule has 5 heteroatoms. The summed E-state index contributed by atoms with van der Waals surface area (Å²) in [5.74, 6) is 0.801. The fourth-order valence-electron chi connectivity index (χ4n) is 2.25. The summed E-state index contributed by atoms with van der Waals surface area (Å²) >= 11 is 0. The molecule has 2 rings (SSSR count). The Morgan fingerprint density at radius 1 is 1.25 bits per heavy atom. The molecule has 2 heterocycles. The molecule has 0 radical (unpaired) electrons. The Bertz CT molecular complexity index is 513. The first-order valence-electron chi connectivity index (χ1n) is 7.46. The van der Waals surface area contributed by atoms with E-state index in [4.69, 9.17) is 4.74 Å². The monoisotopic (exact) mass is 276 g/mol. The van der Waals surface area contributed by atoms with Crippen LogP contribution in [0.4, 0.5) is 0 Å². The van der Waals surface area contributed by atoms with E-state index in [-0.39, 0.29) is 0 Å². The van der Waals surface area contributed by atoms with Crippen molar-refractivity contribution < 1.29 is 4.74 Å². The first kappa shape index (κ1) is 14.6. The highest BCUT2D eigenvalue weighted by molar-refractivity contribution is 5.12. The lowest BCUT2D eigenvalue weighted by Crippen LogP contribution is -2.08. The van der Waals surface area contributed by atoms with Gasteiger partial charge in [0.05, 0.1) is 24.1 Å². The molecule has 2 aromatic rings. The topological polar surface area (TPSA) is 44.9 Å². The highest BCUT2D eigenvalue weighted by atomic mass is 16.5. The lowest BCUT2D eigenvalue weighted by Gasteiger charge is -2.12. The van der Waals surface area contributed by atoms with Gasteiger partial charge in [-0.25, -0.2) is 0 Å². The molecule has 0 spiro atoms. The summed E-state index contributed by atoms with van der Waals surface area (Å²) < 4.78 is 9.66. The van der Waals surface area contributed by atoms with Crippen molar-refractivity contribution in [2.45, 2.75) is 59.2 Å².